The van der Waals surface area contributed by atoms with E-state index < -0.39 is 21.7 Å². The summed E-state index contributed by atoms with van der Waals surface area (Å²) in [7, 11) is -2.53. The van der Waals surface area contributed by atoms with Gasteiger partial charge in [0.25, 0.3) is 5.56 Å². The smallest absolute Gasteiger partial charge is 0.277 e. The summed E-state index contributed by atoms with van der Waals surface area (Å²) in [5, 5.41) is 15.1. The van der Waals surface area contributed by atoms with E-state index in [-0.39, 0.29) is 17.3 Å². The van der Waals surface area contributed by atoms with E-state index in [4.69, 9.17) is 9.47 Å². The summed E-state index contributed by atoms with van der Waals surface area (Å²) >= 11 is 0. The average Bonchev–Trinajstić information content (AvgIpc) is 3.23. The highest BCUT2D eigenvalue weighted by atomic mass is 32.2. The summed E-state index contributed by atoms with van der Waals surface area (Å²) in [4.78, 5) is 20.1. The zero-order valence-electron chi connectivity index (χ0n) is 21.7. The second kappa shape index (κ2) is 11.3. The molecule has 0 aliphatic rings. The number of aryl methyl sites for hydroxylation is 2. The molecule has 0 saturated carbocycles. The molecule has 4 rings (SSSR count). The Morgan fingerprint density at radius 2 is 1.97 bits per heavy atom. The lowest BCUT2D eigenvalue weighted by atomic mass is 10.1. The number of nitrogens with zero attached hydrogens (tertiary/aromatic N) is 3. The molecular formula is C26H31N5O6S. The maximum absolute atomic E-state index is 13.2. The predicted octanol–water partition coefficient (Wildman–Crippen LogP) is 2.76. The molecule has 0 amide bonds. The van der Waals surface area contributed by atoms with Gasteiger partial charge in [0.15, 0.2) is 11.3 Å². The summed E-state index contributed by atoms with van der Waals surface area (Å²) in [6.45, 7) is 5.61. The van der Waals surface area contributed by atoms with Crippen LogP contribution in [0.1, 0.15) is 43.5 Å². The summed E-state index contributed by atoms with van der Waals surface area (Å²) in [6, 6.07) is 11.1. The van der Waals surface area contributed by atoms with Gasteiger partial charge in [-0.3, -0.25) is 4.79 Å². The van der Waals surface area contributed by atoms with Crippen molar-refractivity contribution in [2.75, 3.05) is 20.3 Å². The molecule has 202 valence electrons. The van der Waals surface area contributed by atoms with Crippen LogP contribution in [-0.4, -0.2) is 53.4 Å². The number of aliphatic hydroxyl groups is 1. The van der Waals surface area contributed by atoms with Crippen LogP contribution in [0.5, 0.6) is 11.5 Å². The first-order valence-electron chi connectivity index (χ1n) is 12.3. The van der Waals surface area contributed by atoms with Crippen molar-refractivity contribution in [3.63, 3.8) is 0 Å². The molecule has 3 N–H and O–H groups in total. The minimum absolute atomic E-state index is 0.0767. The second-order valence-electron chi connectivity index (χ2n) is 8.66. The van der Waals surface area contributed by atoms with Crippen LogP contribution in [0.25, 0.3) is 16.9 Å². The van der Waals surface area contributed by atoms with Crippen molar-refractivity contribution in [2.24, 2.45) is 0 Å². The van der Waals surface area contributed by atoms with E-state index in [2.05, 4.69) is 19.8 Å². The van der Waals surface area contributed by atoms with Crippen molar-refractivity contribution in [1.29, 1.82) is 0 Å². The van der Waals surface area contributed by atoms with Crippen LogP contribution >= 0.6 is 0 Å². The second-order valence-corrected chi connectivity index (χ2v) is 10.4. The van der Waals surface area contributed by atoms with Gasteiger partial charge < -0.3 is 19.6 Å². The number of sulfonamides is 1. The van der Waals surface area contributed by atoms with Crippen molar-refractivity contribution < 1.29 is 23.0 Å². The van der Waals surface area contributed by atoms with Crippen LogP contribution in [0.4, 0.5) is 0 Å². The molecule has 2 aromatic carbocycles. The van der Waals surface area contributed by atoms with Gasteiger partial charge in [-0.05, 0) is 56.2 Å². The maximum Gasteiger partial charge on any atom is 0.277 e. The first kappa shape index (κ1) is 27.3. The van der Waals surface area contributed by atoms with Crippen LogP contribution in [-0.2, 0) is 16.4 Å². The molecule has 0 aliphatic heterocycles. The molecule has 0 bridgehead atoms. The number of ether oxygens (including phenoxy) is 2. The van der Waals surface area contributed by atoms with E-state index >= 15 is 0 Å². The van der Waals surface area contributed by atoms with Crippen molar-refractivity contribution in [3.05, 3.63) is 69.9 Å². The topological polar surface area (TPSA) is 148 Å². The Balaban J connectivity index is 1.70. The van der Waals surface area contributed by atoms with Gasteiger partial charge in [-0.1, -0.05) is 19.1 Å². The van der Waals surface area contributed by atoms with Crippen molar-refractivity contribution in [1.82, 2.24) is 24.3 Å². The Kier molecular flexibility index (Phi) is 8.14. The summed E-state index contributed by atoms with van der Waals surface area (Å²) in [5.41, 5.74) is 1.32. The fourth-order valence-corrected chi connectivity index (χ4v) is 5.19. The molecule has 4 aromatic rings. The Morgan fingerprint density at radius 1 is 1.18 bits per heavy atom. The molecule has 1 unspecified atom stereocenters. The van der Waals surface area contributed by atoms with E-state index in [0.29, 0.717) is 52.7 Å². The average molecular weight is 542 g/mol. The predicted molar refractivity (Wildman–Crippen MR) is 142 cm³/mol. The lowest BCUT2D eigenvalue weighted by Crippen LogP contribution is -2.28. The van der Waals surface area contributed by atoms with E-state index in [1.807, 2.05) is 6.92 Å². The molecule has 0 saturated heterocycles. The first-order valence-corrected chi connectivity index (χ1v) is 13.7. The van der Waals surface area contributed by atoms with E-state index in [1.54, 1.807) is 38.1 Å². The van der Waals surface area contributed by atoms with Crippen molar-refractivity contribution in [3.8, 4) is 22.9 Å². The van der Waals surface area contributed by atoms with Gasteiger partial charge in [-0.25, -0.2) is 22.6 Å². The Hall–Kier alpha value is -3.74. The van der Waals surface area contributed by atoms with Crippen LogP contribution < -0.4 is 19.8 Å². The number of hydrogen-bond acceptors (Lipinski definition) is 8. The number of imidazole rings is 1. The number of nitrogens with one attached hydrogen (secondary N) is 2. The number of H-pyrrole nitrogens is 1. The van der Waals surface area contributed by atoms with Gasteiger partial charge in [-0.2, -0.15) is 0 Å². The highest BCUT2D eigenvalue weighted by Gasteiger charge is 2.22. The fraction of sp³-hybridized carbons (Fsp3) is 0.346. The largest absolute Gasteiger partial charge is 0.497 e. The SMILES string of the molecule is CCCc1nc(C)c2c(=O)[nH]c(-c3cc(S(=O)(=O)NCC(O)c4cccc(OC)c4)ccc3OCC)nn12. The van der Waals surface area contributed by atoms with Gasteiger partial charge in [0, 0.05) is 13.0 Å². The number of fused-ring (bicyclic) bond motifs is 1. The highest BCUT2D eigenvalue weighted by Crippen LogP contribution is 2.30. The maximum atomic E-state index is 13.2. The molecule has 2 aromatic heterocycles. The summed E-state index contributed by atoms with van der Waals surface area (Å²) < 4.78 is 41.2. The Labute approximate surface area is 220 Å². The van der Waals surface area contributed by atoms with Gasteiger partial charge >= 0.3 is 0 Å². The molecule has 0 fully saturated rings. The monoisotopic (exact) mass is 541 g/mol. The van der Waals surface area contributed by atoms with Crippen molar-refractivity contribution >= 4 is 15.5 Å². The third-order valence-corrected chi connectivity index (χ3v) is 7.40. The van der Waals surface area contributed by atoms with Crippen LogP contribution in [0.15, 0.2) is 52.2 Å². The number of methoxy groups -OCH3 is 1. The number of rotatable bonds is 11. The molecule has 0 aliphatic carbocycles. The molecule has 12 heteroatoms. The highest BCUT2D eigenvalue weighted by molar-refractivity contribution is 7.89. The summed E-state index contributed by atoms with van der Waals surface area (Å²) in [6.07, 6.45) is 0.342. The molecule has 0 radical (unpaired) electrons. The van der Waals surface area contributed by atoms with Gasteiger partial charge in [0.1, 0.15) is 17.3 Å². The number of aromatic amines is 1. The number of benzene rings is 2. The van der Waals surface area contributed by atoms with Crippen molar-refractivity contribution in [2.45, 2.75) is 44.6 Å². The van der Waals surface area contributed by atoms with Gasteiger partial charge in [-0.15, -0.1) is 5.10 Å². The molecule has 38 heavy (non-hydrogen) atoms. The van der Waals surface area contributed by atoms with Gasteiger partial charge in [0.05, 0.1) is 36.0 Å². The fourth-order valence-electron chi connectivity index (χ4n) is 4.12. The standard InChI is InChI=1S/C26H31N5O6S/c1-5-8-23-28-16(3)24-26(33)29-25(30-31(23)24)20-14-19(11-12-22(20)37-6-2)38(34,35)27-15-21(32)17-9-7-10-18(13-17)36-4/h7,9-14,21,27,32H,5-6,8,15H2,1-4H3,(H,29,30,33). The van der Waals surface area contributed by atoms with Crippen LogP contribution in [0.3, 0.4) is 0 Å². The zero-order chi connectivity index (χ0) is 27.4. The summed E-state index contributed by atoms with van der Waals surface area (Å²) in [5.74, 6) is 1.70. The molecule has 0 spiro atoms. The van der Waals surface area contributed by atoms with E-state index in [0.717, 1.165) is 6.42 Å². The van der Waals surface area contributed by atoms with Crippen LogP contribution in [0, 0.1) is 6.92 Å². The lowest BCUT2D eigenvalue weighted by Gasteiger charge is -2.15. The van der Waals surface area contributed by atoms with E-state index in [1.165, 1.54) is 29.8 Å². The third kappa shape index (κ3) is 5.57. The number of aliphatic hydroxyl groups excluding tert-OH is 1. The minimum Gasteiger partial charge on any atom is -0.497 e. The zero-order valence-corrected chi connectivity index (χ0v) is 22.5. The molecular weight excluding hydrogens is 510 g/mol. The normalized spacial score (nSPS) is 12.6. The van der Waals surface area contributed by atoms with Crippen LogP contribution in [0.2, 0.25) is 0 Å². The number of aromatic nitrogens is 4. The lowest BCUT2D eigenvalue weighted by molar-refractivity contribution is 0.181. The molecule has 1 atom stereocenters. The first-order chi connectivity index (χ1) is 18.2. The molecule has 2 heterocycles. The minimum atomic E-state index is -4.04. The van der Waals surface area contributed by atoms with Gasteiger partial charge in [0.2, 0.25) is 10.0 Å². The Morgan fingerprint density at radius 3 is 2.68 bits per heavy atom. The quantitative estimate of drug-likeness (QED) is 0.263. The van der Waals surface area contributed by atoms with E-state index in [9.17, 15) is 18.3 Å². The Bertz CT molecular complexity index is 1610. The third-order valence-electron chi connectivity index (χ3n) is 5.98. The number of hydrogen-bond donors (Lipinski definition) is 3. The molecule has 11 nitrogen and oxygen atoms in total.